The lowest BCUT2D eigenvalue weighted by Gasteiger charge is -2.13. The summed E-state index contributed by atoms with van der Waals surface area (Å²) in [5.41, 5.74) is 1.12. The van der Waals surface area contributed by atoms with Crippen LogP contribution in [0.5, 0.6) is 0 Å². The molecule has 1 aromatic rings. The minimum absolute atomic E-state index is 0.0971. The van der Waals surface area contributed by atoms with E-state index in [1.54, 1.807) is 20.1 Å². The van der Waals surface area contributed by atoms with Crippen LogP contribution in [-0.4, -0.2) is 25.7 Å². The predicted molar refractivity (Wildman–Crippen MR) is 59.9 cm³/mol. The Labute approximate surface area is 94.6 Å². The summed E-state index contributed by atoms with van der Waals surface area (Å²) < 4.78 is 17.9. The van der Waals surface area contributed by atoms with Crippen LogP contribution in [0.1, 0.15) is 22.8 Å². The standard InChI is InChI=1S/C12H16FNO2/c1-8-4-5-10(13)6-11(8)12(15)14-9(2)7-16-3/h4-6,9H,7H2,1-3H3,(H,14,15). The Morgan fingerprint density at radius 3 is 2.88 bits per heavy atom. The normalized spacial score (nSPS) is 12.2. The maximum absolute atomic E-state index is 13.0. The molecule has 0 aromatic heterocycles. The van der Waals surface area contributed by atoms with Crippen LogP contribution in [0.15, 0.2) is 18.2 Å². The summed E-state index contributed by atoms with van der Waals surface area (Å²) in [6.45, 7) is 4.03. The number of rotatable bonds is 4. The third-order valence-corrected chi connectivity index (χ3v) is 2.24. The first kappa shape index (κ1) is 12.6. The Bertz CT molecular complexity index is 379. The van der Waals surface area contributed by atoms with Gasteiger partial charge in [-0.25, -0.2) is 4.39 Å². The van der Waals surface area contributed by atoms with E-state index in [4.69, 9.17) is 4.74 Å². The van der Waals surface area contributed by atoms with E-state index in [1.807, 2.05) is 6.92 Å². The molecule has 88 valence electrons. The number of carbonyl (C=O) groups is 1. The molecule has 0 saturated carbocycles. The van der Waals surface area contributed by atoms with Crippen LogP contribution >= 0.6 is 0 Å². The van der Waals surface area contributed by atoms with Crippen LogP contribution in [0.25, 0.3) is 0 Å². The van der Waals surface area contributed by atoms with Crippen LogP contribution in [0.3, 0.4) is 0 Å². The van der Waals surface area contributed by atoms with Crippen molar-refractivity contribution in [2.45, 2.75) is 19.9 Å². The molecule has 1 aromatic carbocycles. The summed E-state index contributed by atoms with van der Waals surface area (Å²) >= 11 is 0. The lowest BCUT2D eigenvalue weighted by atomic mass is 10.1. The number of hydrogen-bond acceptors (Lipinski definition) is 2. The molecular weight excluding hydrogens is 209 g/mol. The maximum atomic E-state index is 13.0. The first-order chi connectivity index (χ1) is 7.54. The lowest BCUT2D eigenvalue weighted by molar-refractivity contribution is 0.0904. The minimum Gasteiger partial charge on any atom is -0.383 e. The average Bonchev–Trinajstić information content (AvgIpc) is 2.21. The molecule has 4 heteroatoms. The van der Waals surface area contributed by atoms with Crippen LogP contribution < -0.4 is 5.32 Å². The van der Waals surface area contributed by atoms with Crippen molar-refractivity contribution in [2.24, 2.45) is 0 Å². The van der Waals surface area contributed by atoms with Crippen molar-refractivity contribution < 1.29 is 13.9 Å². The van der Waals surface area contributed by atoms with Gasteiger partial charge in [0.05, 0.1) is 6.61 Å². The van der Waals surface area contributed by atoms with E-state index >= 15 is 0 Å². The second-order valence-electron chi connectivity index (χ2n) is 3.79. The molecule has 16 heavy (non-hydrogen) atoms. The van der Waals surface area contributed by atoms with E-state index in [1.165, 1.54) is 12.1 Å². The molecule has 1 N–H and O–H groups in total. The fourth-order valence-corrected chi connectivity index (χ4v) is 1.43. The molecule has 0 spiro atoms. The summed E-state index contributed by atoms with van der Waals surface area (Å²) in [5.74, 6) is -0.684. The molecule has 0 fully saturated rings. The van der Waals surface area contributed by atoms with E-state index in [2.05, 4.69) is 5.32 Å². The van der Waals surface area contributed by atoms with Crippen LogP contribution in [-0.2, 0) is 4.74 Å². The number of hydrogen-bond donors (Lipinski definition) is 1. The number of ether oxygens (including phenoxy) is 1. The summed E-state index contributed by atoms with van der Waals surface area (Å²) in [5, 5.41) is 2.73. The van der Waals surface area contributed by atoms with Gasteiger partial charge in [0.2, 0.25) is 0 Å². The maximum Gasteiger partial charge on any atom is 0.251 e. The molecular formula is C12H16FNO2. The lowest BCUT2D eigenvalue weighted by Crippen LogP contribution is -2.36. The molecule has 0 aliphatic heterocycles. The van der Waals surface area contributed by atoms with Gasteiger partial charge in [-0.15, -0.1) is 0 Å². The molecule has 1 amide bonds. The monoisotopic (exact) mass is 225 g/mol. The van der Waals surface area contributed by atoms with Crippen molar-refractivity contribution in [3.05, 3.63) is 35.1 Å². The van der Waals surface area contributed by atoms with Crippen LogP contribution in [0, 0.1) is 12.7 Å². The van der Waals surface area contributed by atoms with Gasteiger partial charge in [-0.2, -0.15) is 0 Å². The third-order valence-electron chi connectivity index (χ3n) is 2.24. The SMILES string of the molecule is COCC(C)NC(=O)c1cc(F)ccc1C. The zero-order chi connectivity index (χ0) is 12.1. The fourth-order valence-electron chi connectivity index (χ4n) is 1.43. The van der Waals surface area contributed by atoms with Gasteiger partial charge in [-0.05, 0) is 31.5 Å². The predicted octanol–water partition coefficient (Wildman–Crippen LogP) is 1.90. The topological polar surface area (TPSA) is 38.3 Å². The summed E-state index contributed by atoms with van der Waals surface area (Å²) in [4.78, 5) is 11.8. The highest BCUT2D eigenvalue weighted by Crippen LogP contribution is 2.10. The van der Waals surface area contributed by atoms with Crippen molar-refractivity contribution in [1.82, 2.24) is 5.32 Å². The van der Waals surface area contributed by atoms with E-state index in [-0.39, 0.29) is 11.9 Å². The molecule has 1 unspecified atom stereocenters. The summed E-state index contributed by atoms with van der Waals surface area (Å²) in [6, 6.07) is 4.07. The van der Waals surface area contributed by atoms with E-state index < -0.39 is 5.82 Å². The van der Waals surface area contributed by atoms with Crippen molar-refractivity contribution in [2.75, 3.05) is 13.7 Å². The van der Waals surface area contributed by atoms with Crippen molar-refractivity contribution >= 4 is 5.91 Å². The van der Waals surface area contributed by atoms with Crippen molar-refractivity contribution in [3.63, 3.8) is 0 Å². The molecule has 0 aliphatic rings. The molecule has 1 atom stereocenters. The summed E-state index contributed by atoms with van der Waals surface area (Å²) in [6.07, 6.45) is 0. The molecule has 1 rings (SSSR count). The van der Waals surface area contributed by atoms with Crippen molar-refractivity contribution in [3.8, 4) is 0 Å². The molecule has 0 aliphatic carbocycles. The number of amides is 1. The van der Waals surface area contributed by atoms with Gasteiger partial charge >= 0.3 is 0 Å². The number of nitrogens with one attached hydrogen (secondary N) is 1. The van der Waals surface area contributed by atoms with Crippen LogP contribution in [0.2, 0.25) is 0 Å². The van der Waals surface area contributed by atoms with Gasteiger partial charge in [-0.1, -0.05) is 6.07 Å². The van der Waals surface area contributed by atoms with E-state index in [0.29, 0.717) is 12.2 Å². The van der Waals surface area contributed by atoms with Gasteiger partial charge in [0, 0.05) is 18.7 Å². The first-order valence-electron chi connectivity index (χ1n) is 5.10. The highest BCUT2D eigenvalue weighted by atomic mass is 19.1. The second-order valence-corrected chi connectivity index (χ2v) is 3.79. The third kappa shape index (κ3) is 3.31. The van der Waals surface area contributed by atoms with Gasteiger partial charge in [0.15, 0.2) is 0 Å². The van der Waals surface area contributed by atoms with E-state index in [9.17, 15) is 9.18 Å². The Morgan fingerprint density at radius 1 is 1.56 bits per heavy atom. The first-order valence-corrected chi connectivity index (χ1v) is 5.10. The Kier molecular flexibility index (Phi) is 4.43. The number of carbonyl (C=O) groups excluding carboxylic acids is 1. The van der Waals surface area contributed by atoms with Gasteiger partial charge in [0.25, 0.3) is 5.91 Å². The number of aryl methyl sites for hydroxylation is 1. The smallest absolute Gasteiger partial charge is 0.251 e. The minimum atomic E-state index is -0.407. The number of halogens is 1. The molecule has 3 nitrogen and oxygen atoms in total. The zero-order valence-electron chi connectivity index (χ0n) is 9.71. The Hall–Kier alpha value is -1.42. The summed E-state index contributed by atoms with van der Waals surface area (Å²) in [7, 11) is 1.57. The van der Waals surface area contributed by atoms with Gasteiger partial charge in [0.1, 0.15) is 5.82 Å². The second kappa shape index (κ2) is 5.61. The zero-order valence-corrected chi connectivity index (χ0v) is 9.71. The van der Waals surface area contributed by atoms with Crippen molar-refractivity contribution in [1.29, 1.82) is 0 Å². The average molecular weight is 225 g/mol. The van der Waals surface area contributed by atoms with Gasteiger partial charge < -0.3 is 10.1 Å². The number of methoxy groups -OCH3 is 1. The Morgan fingerprint density at radius 2 is 2.25 bits per heavy atom. The molecule has 0 heterocycles. The highest BCUT2D eigenvalue weighted by molar-refractivity contribution is 5.95. The molecule has 0 radical (unpaired) electrons. The van der Waals surface area contributed by atoms with Crippen LogP contribution in [0.4, 0.5) is 4.39 Å². The molecule has 0 bridgehead atoms. The number of benzene rings is 1. The van der Waals surface area contributed by atoms with E-state index in [0.717, 1.165) is 5.56 Å². The quantitative estimate of drug-likeness (QED) is 0.850. The Balaban J connectivity index is 2.76. The largest absolute Gasteiger partial charge is 0.383 e. The molecule has 0 saturated heterocycles. The highest BCUT2D eigenvalue weighted by Gasteiger charge is 2.12. The fraction of sp³-hybridized carbons (Fsp3) is 0.417. The van der Waals surface area contributed by atoms with Gasteiger partial charge in [-0.3, -0.25) is 4.79 Å².